The number of allylic oxidation sites excluding steroid dienone is 4. The van der Waals surface area contributed by atoms with E-state index in [1.54, 1.807) is 0 Å². The summed E-state index contributed by atoms with van der Waals surface area (Å²) in [5.74, 6) is 9.75. The Labute approximate surface area is 159 Å². The van der Waals surface area contributed by atoms with Gasteiger partial charge in [0.2, 0.25) is 0 Å². The van der Waals surface area contributed by atoms with Crippen molar-refractivity contribution in [3.63, 3.8) is 0 Å². The first-order chi connectivity index (χ1) is 12.5. The molecule has 0 aromatic rings. The van der Waals surface area contributed by atoms with Gasteiger partial charge in [-0.1, -0.05) is 50.7 Å². The molecule has 1 heteroatoms. The normalized spacial score (nSPS) is 41.2. The Morgan fingerprint density at radius 3 is 2.77 bits per heavy atom. The van der Waals surface area contributed by atoms with E-state index in [0.29, 0.717) is 11.2 Å². The zero-order valence-electron chi connectivity index (χ0n) is 16.9. The third kappa shape index (κ3) is 2.72. The smallest absolute Gasteiger partial charge is 0.155 e. The molecule has 0 amide bonds. The molecule has 4 rings (SSSR count). The van der Waals surface area contributed by atoms with Gasteiger partial charge in [-0.05, 0) is 74.2 Å². The summed E-state index contributed by atoms with van der Waals surface area (Å²) >= 11 is 0. The molecule has 4 aliphatic rings. The maximum absolute atomic E-state index is 11.9. The van der Waals surface area contributed by atoms with Crippen molar-refractivity contribution in [1.82, 2.24) is 0 Å². The molecule has 0 aromatic heterocycles. The van der Waals surface area contributed by atoms with Crippen molar-refractivity contribution in [3.05, 3.63) is 23.3 Å². The Bertz CT molecular complexity index is 714. The van der Waals surface area contributed by atoms with Gasteiger partial charge in [0.15, 0.2) is 5.78 Å². The van der Waals surface area contributed by atoms with Crippen LogP contribution in [0.5, 0.6) is 0 Å². The van der Waals surface area contributed by atoms with E-state index in [4.69, 9.17) is 0 Å². The minimum atomic E-state index is 0.285. The van der Waals surface area contributed by atoms with E-state index in [0.717, 1.165) is 43.4 Å². The van der Waals surface area contributed by atoms with Crippen molar-refractivity contribution in [2.45, 2.75) is 85.0 Å². The third-order valence-corrected chi connectivity index (χ3v) is 8.42. The summed E-state index contributed by atoms with van der Waals surface area (Å²) in [5, 5.41) is 0. The average molecular weight is 351 g/mol. The number of fused-ring (bicyclic) bond motifs is 5. The lowest BCUT2D eigenvalue weighted by Gasteiger charge is -2.57. The lowest BCUT2D eigenvalue weighted by Crippen LogP contribution is -2.50. The molecule has 1 nitrogen and oxygen atoms in total. The Balaban J connectivity index is 1.56. The first kappa shape index (κ1) is 18.1. The molecule has 2 saturated carbocycles. The van der Waals surface area contributed by atoms with Gasteiger partial charge in [-0.3, -0.25) is 4.79 Å². The van der Waals surface area contributed by atoms with Crippen LogP contribution >= 0.6 is 0 Å². The largest absolute Gasteiger partial charge is 0.295 e. The lowest BCUT2D eigenvalue weighted by atomic mass is 9.47. The second-order valence-electron chi connectivity index (χ2n) is 9.68. The number of hydrogen-bond acceptors (Lipinski definition) is 1. The minimum Gasteiger partial charge on any atom is -0.295 e. The van der Waals surface area contributed by atoms with Crippen molar-refractivity contribution >= 4 is 5.78 Å². The summed E-state index contributed by atoms with van der Waals surface area (Å²) in [7, 11) is 0. The van der Waals surface area contributed by atoms with Crippen molar-refractivity contribution in [2.24, 2.45) is 28.6 Å². The molecule has 0 unspecified atom stereocenters. The van der Waals surface area contributed by atoms with Gasteiger partial charge in [-0.15, -0.1) is 0 Å². The molecule has 0 N–H and O–H groups in total. The van der Waals surface area contributed by atoms with Gasteiger partial charge in [0.1, 0.15) is 0 Å². The predicted molar refractivity (Wildman–Crippen MR) is 107 cm³/mol. The topological polar surface area (TPSA) is 17.1 Å². The lowest BCUT2D eigenvalue weighted by molar-refractivity contribution is -0.117. The summed E-state index contributed by atoms with van der Waals surface area (Å²) in [5.41, 5.74) is 3.52. The second kappa shape index (κ2) is 6.70. The molecule has 0 heterocycles. The van der Waals surface area contributed by atoms with E-state index in [1.807, 2.05) is 6.08 Å². The van der Waals surface area contributed by atoms with Crippen LogP contribution in [0.3, 0.4) is 0 Å². The summed E-state index contributed by atoms with van der Waals surface area (Å²) < 4.78 is 0. The molecule has 0 bridgehead atoms. The highest BCUT2D eigenvalue weighted by atomic mass is 16.1. The molecule has 0 saturated heterocycles. The van der Waals surface area contributed by atoms with Crippen molar-refractivity contribution in [2.75, 3.05) is 0 Å². The van der Waals surface area contributed by atoms with E-state index >= 15 is 0 Å². The Morgan fingerprint density at radius 2 is 1.96 bits per heavy atom. The summed E-state index contributed by atoms with van der Waals surface area (Å²) in [6.45, 7) is 7.21. The highest BCUT2D eigenvalue weighted by Crippen LogP contribution is 2.65. The summed E-state index contributed by atoms with van der Waals surface area (Å²) in [6.07, 6.45) is 16.1. The van der Waals surface area contributed by atoms with Crippen LogP contribution in [0.15, 0.2) is 23.3 Å². The van der Waals surface area contributed by atoms with Gasteiger partial charge in [0.25, 0.3) is 0 Å². The van der Waals surface area contributed by atoms with Gasteiger partial charge in [0.05, 0.1) is 0 Å². The van der Waals surface area contributed by atoms with Gasteiger partial charge < -0.3 is 0 Å². The molecule has 140 valence electrons. The van der Waals surface area contributed by atoms with Gasteiger partial charge in [-0.2, -0.15) is 0 Å². The molecule has 5 atom stereocenters. The van der Waals surface area contributed by atoms with Gasteiger partial charge in [-0.25, -0.2) is 0 Å². The highest BCUT2D eigenvalue weighted by Gasteiger charge is 2.56. The molecule has 2 fully saturated rings. The van der Waals surface area contributed by atoms with Crippen molar-refractivity contribution < 1.29 is 4.79 Å². The SMILES string of the molecule is CCCCC#CC1=CC[C@H]2[C@@H]3CCC4=CC(=O)CC[C@]4(C)[C@H]3CC[C@]12C. The number of rotatable bonds is 2. The molecule has 0 aromatic carbocycles. The maximum Gasteiger partial charge on any atom is 0.155 e. The van der Waals surface area contributed by atoms with Gasteiger partial charge >= 0.3 is 0 Å². The summed E-state index contributed by atoms with van der Waals surface area (Å²) in [4.78, 5) is 11.9. The Hall–Kier alpha value is -1.29. The molecule has 0 aliphatic heterocycles. The zero-order valence-corrected chi connectivity index (χ0v) is 16.9. The maximum atomic E-state index is 11.9. The van der Waals surface area contributed by atoms with Crippen molar-refractivity contribution in [3.8, 4) is 11.8 Å². The van der Waals surface area contributed by atoms with Crippen LogP contribution in [-0.2, 0) is 4.79 Å². The van der Waals surface area contributed by atoms with Crippen LogP contribution in [-0.4, -0.2) is 5.78 Å². The molecule has 0 spiro atoms. The monoisotopic (exact) mass is 350 g/mol. The molecular weight excluding hydrogens is 316 g/mol. The third-order valence-electron chi connectivity index (χ3n) is 8.42. The van der Waals surface area contributed by atoms with E-state index in [9.17, 15) is 4.79 Å². The zero-order chi connectivity index (χ0) is 18.4. The number of hydrogen-bond donors (Lipinski definition) is 0. The predicted octanol–water partition coefficient (Wildman–Crippen LogP) is 6.25. The van der Waals surface area contributed by atoms with Crippen LogP contribution < -0.4 is 0 Å². The van der Waals surface area contributed by atoms with Gasteiger partial charge in [0, 0.05) is 23.8 Å². The van der Waals surface area contributed by atoms with Crippen LogP contribution in [0, 0.1) is 40.4 Å². The van der Waals surface area contributed by atoms with E-state index in [1.165, 1.54) is 49.7 Å². The fraction of sp³-hybridized carbons (Fsp3) is 0.720. The quantitative estimate of drug-likeness (QED) is 0.425. The second-order valence-corrected chi connectivity index (χ2v) is 9.68. The molecule has 4 aliphatic carbocycles. The first-order valence-electron chi connectivity index (χ1n) is 10.9. The number of unbranched alkanes of at least 4 members (excludes halogenated alkanes) is 2. The van der Waals surface area contributed by atoms with Crippen LogP contribution in [0.2, 0.25) is 0 Å². The fourth-order valence-electron chi connectivity index (χ4n) is 6.74. The van der Waals surface area contributed by atoms with E-state index in [2.05, 4.69) is 38.7 Å². The molecular formula is C25H34O. The minimum absolute atomic E-state index is 0.285. The fourth-order valence-corrected chi connectivity index (χ4v) is 6.74. The Morgan fingerprint density at radius 1 is 1.12 bits per heavy atom. The number of ketones is 1. The van der Waals surface area contributed by atoms with Crippen LogP contribution in [0.1, 0.15) is 85.0 Å². The Kier molecular flexibility index (Phi) is 4.66. The summed E-state index contributed by atoms with van der Waals surface area (Å²) in [6, 6.07) is 0. The number of carbonyl (C=O) groups excluding carboxylic acids is 1. The van der Waals surface area contributed by atoms with Crippen molar-refractivity contribution in [1.29, 1.82) is 0 Å². The van der Waals surface area contributed by atoms with E-state index < -0.39 is 0 Å². The first-order valence-corrected chi connectivity index (χ1v) is 10.9. The molecule has 0 radical (unpaired) electrons. The highest BCUT2D eigenvalue weighted by molar-refractivity contribution is 5.91. The average Bonchev–Trinajstić information content (AvgIpc) is 2.96. The van der Waals surface area contributed by atoms with Crippen LogP contribution in [0.25, 0.3) is 0 Å². The number of carbonyl (C=O) groups is 1. The van der Waals surface area contributed by atoms with Crippen LogP contribution in [0.4, 0.5) is 0 Å². The van der Waals surface area contributed by atoms with E-state index in [-0.39, 0.29) is 5.41 Å². The standard InChI is InChI=1S/C25H34O/c1-4-5-6-7-8-18-10-12-22-21-11-9-19-17-20(26)13-15-25(19,3)23(21)14-16-24(18,22)2/h10,17,21-23H,4-6,9,11-16H2,1-3H3/t21-,22-,23-,24+,25-/m0/s1. The molecule has 26 heavy (non-hydrogen) atoms.